The molecule has 1 rings (SSSR count). The fourth-order valence-corrected chi connectivity index (χ4v) is 1.97. The number of phosphoric ester groups is 1. The first-order valence-corrected chi connectivity index (χ1v) is 5.81. The molecule has 0 amide bonds. The Morgan fingerprint density at radius 1 is 1.31 bits per heavy atom. The van der Waals surface area contributed by atoms with Crippen LogP contribution in [0.4, 0.5) is 0 Å². The van der Waals surface area contributed by atoms with Crippen LogP contribution in [0.3, 0.4) is 0 Å². The number of ether oxygens (including phenoxy) is 1. The molecular weight excluding hydrogens is 195 g/mol. The van der Waals surface area contributed by atoms with Crippen LogP contribution in [0.2, 0.25) is 0 Å². The third kappa shape index (κ3) is 4.20. The zero-order chi connectivity index (χ0) is 9.73. The smallest absolute Gasteiger partial charge is 0.371 e. The van der Waals surface area contributed by atoms with Crippen LogP contribution in [0.1, 0.15) is 13.8 Å². The van der Waals surface area contributed by atoms with Crippen molar-refractivity contribution in [3.05, 3.63) is 0 Å². The van der Waals surface area contributed by atoms with Gasteiger partial charge >= 0.3 is 7.82 Å². The topological polar surface area (TPSA) is 57.3 Å². The standard InChI is InChI=1S/C7H15O5P/c1-3-10-13(8,11-4-2)12-6-7-5-9-7/h7H,3-6H2,1-2H3. The van der Waals surface area contributed by atoms with Crippen LogP contribution >= 0.6 is 7.82 Å². The molecule has 0 N–H and O–H groups in total. The lowest BCUT2D eigenvalue weighted by molar-refractivity contribution is 0.114. The molecule has 1 heterocycles. The highest BCUT2D eigenvalue weighted by molar-refractivity contribution is 7.48. The van der Waals surface area contributed by atoms with Gasteiger partial charge in [0, 0.05) is 0 Å². The van der Waals surface area contributed by atoms with Gasteiger partial charge in [-0.05, 0) is 13.8 Å². The van der Waals surface area contributed by atoms with Gasteiger partial charge in [0.2, 0.25) is 0 Å². The molecule has 0 aromatic heterocycles. The molecule has 13 heavy (non-hydrogen) atoms. The molecule has 1 aliphatic heterocycles. The molecule has 78 valence electrons. The number of epoxide rings is 1. The highest BCUT2D eigenvalue weighted by atomic mass is 31.2. The van der Waals surface area contributed by atoms with Gasteiger partial charge in [0.05, 0.1) is 26.4 Å². The molecule has 0 spiro atoms. The summed E-state index contributed by atoms with van der Waals surface area (Å²) >= 11 is 0. The van der Waals surface area contributed by atoms with Crippen molar-refractivity contribution in [3.63, 3.8) is 0 Å². The Balaban J connectivity index is 2.29. The van der Waals surface area contributed by atoms with Crippen LogP contribution in [0.25, 0.3) is 0 Å². The van der Waals surface area contributed by atoms with Crippen molar-refractivity contribution < 1.29 is 22.9 Å². The summed E-state index contributed by atoms with van der Waals surface area (Å²) in [5.74, 6) is 0. The van der Waals surface area contributed by atoms with Crippen molar-refractivity contribution >= 4 is 7.82 Å². The first-order valence-electron chi connectivity index (χ1n) is 4.35. The maximum atomic E-state index is 11.6. The number of hydrogen-bond donors (Lipinski definition) is 0. The molecule has 0 aromatic rings. The second-order valence-corrected chi connectivity index (χ2v) is 4.20. The zero-order valence-electron chi connectivity index (χ0n) is 7.89. The van der Waals surface area contributed by atoms with Crippen LogP contribution < -0.4 is 0 Å². The molecule has 6 heteroatoms. The van der Waals surface area contributed by atoms with Gasteiger partial charge in [-0.1, -0.05) is 0 Å². The molecule has 1 saturated heterocycles. The number of phosphoric acid groups is 1. The Hall–Kier alpha value is 0.0700. The van der Waals surface area contributed by atoms with Gasteiger partial charge in [-0.15, -0.1) is 0 Å². The summed E-state index contributed by atoms with van der Waals surface area (Å²) in [7, 11) is -3.31. The number of rotatable bonds is 7. The Morgan fingerprint density at radius 2 is 1.85 bits per heavy atom. The van der Waals surface area contributed by atoms with Crippen LogP contribution in [0.5, 0.6) is 0 Å². The van der Waals surface area contributed by atoms with Crippen molar-refractivity contribution in [1.29, 1.82) is 0 Å². The van der Waals surface area contributed by atoms with E-state index in [0.29, 0.717) is 19.8 Å². The maximum Gasteiger partial charge on any atom is 0.474 e. The fourth-order valence-electron chi connectivity index (χ4n) is 0.767. The lowest BCUT2D eigenvalue weighted by Crippen LogP contribution is -2.04. The predicted octanol–water partition coefficient (Wildman–Crippen LogP) is 1.58. The SMILES string of the molecule is CCOP(=O)(OCC)OCC1CO1. The van der Waals surface area contributed by atoms with E-state index < -0.39 is 7.82 Å². The van der Waals surface area contributed by atoms with Gasteiger partial charge in [-0.2, -0.15) is 0 Å². The van der Waals surface area contributed by atoms with Gasteiger partial charge in [0.15, 0.2) is 0 Å². The monoisotopic (exact) mass is 210 g/mol. The van der Waals surface area contributed by atoms with E-state index >= 15 is 0 Å². The Kier molecular flexibility index (Phi) is 4.35. The molecule has 0 bridgehead atoms. The highest BCUT2D eigenvalue weighted by Crippen LogP contribution is 2.49. The van der Waals surface area contributed by atoms with E-state index in [1.807, 2.05) is 0 Å². The zero-order valence-corrected chi connectivity index (χ0v) is 8.79. The average molecular weight is 210 g/mol. The molecule has 5 nitrogen and oxygen atoms in total. The van der Waals surface area contributed by atoms with E-state index in [4.69, 9.17) is 18.3 Å². The highest BCUT2D eigenvalue weighted by Gasteiger charge is 2.31. The van der Waals surface area contributed by atoms with E-state index in [9.17, 15) is 4.57 Å². The molecule has 1 aliphatic rings. The quantitative estimate of drug-likeness (QED) is 0.471. The minimum atomic E-state index is -3.31. The first-order chi connectivity index (χ1) is 6.20. The summed E-state index contributed by atoms with van der Waals surface area (Å²) < 4.78 is 31.4. The third-order valence-corrected chi connectivity index (χ3v) is 3.01. The third-order valence-electron chi connectivity index (χ3n) is 1.40. The summed E-state index contributed by atoms with van der Waals surface area (Å²) in [5, 5.41) is 0. The van der Waals surface area contributed by atoms with E-state index in [0.717, 1.165) is 0 Å². The van der Waals surface area contributed by atoms with Crippen LogP contribution in [-0.2, 0) is 22.9 Å². The van der Waals surface area contributed by atoms with Gasteiger partial charge in [-0.3, -0.25) is 13.6 Å². The summed E-state index contributed by atoms with van der Waals surface area (Å²) in [4.78, 5) is 0. The summed E-state index contributed by atoms with van der Waals surface area (Å²) in [6.07, 6.45) is 0.0641. The largest absolute Gasteiger partial charge is 0.474 e. The van der Waals surface area contributed by atoms with E-state index in [-0.39, 0.29) is 12.7 Å². The van der Waals surface area contributed by atoms with Crippen molar-refractivity contribution in [1.82, 2.24) is 0 Å². The summed E-state index contributed by atoms with van der Waals surface area (Å²) in [6.45, 7) is 5.03. The Bertz CT molecular complexity index is 181. The lowest BCUT2D eigenvalue weighted by atomic mass is 10.5. The van der Waals surface area contributed by atoms with E-state index in [2.05, 4.69) is 0 Å². The molecule has 0 saturated carbocycles. The molecule has 0 aromatic carbocycles. The molecule has 1 unspecified atom stereocenters. The van der Waals surface area contributed by atoms with Gasteiger partial charge in [-0.25, -0.2) is 4.57 Å². The van der Waals surface area contributed by atoms with E-state index in [1.54, 1.807) is 13.8 Å². The molecule has 1 atom stereocenters. The molecule has 0 aliphatic carbocycles. The molecule has 0 radical (unpaired) electrons. The van der Waals surface area contributed by atoms with Crippen LogP contribution in [-0.4, -0.2) is 32.5 Å². The second kappa shape index (κ2) is 5.08. The van der Waals surface area contributed by atoms with Gasteiger partial charge in [0.1, 0.15) is 6.10 Å². The van der Waals surface area contributed by atoms with Crippen molar-refractivity contribution in [2.75, 3.05) is 26.4 Å². The number of hydrogen-bond acceptors (Lipinski definition) is 5. The van der Waals surface area contributed by atoms with Crippen LogP contribution in [0, 0.1) is 0 Å². The Morgan fingerprint density at radius 3 is 2.23 bits per heavy atom. The summed E-state index contributed by atoms with van der Waals surface area (Å²) in [6, 6.07) is 0. The second-order valence-electron chi connectivity index (χ2n) is 2.53. The fraction of sp³-hybridized carbons (Fsp3) is 1.00. The minimum absolute atomic E-state index is 0.0641. The van der Waals surface area contributed by atoms with E-state index in [1.165, 1.54) is 0 Å². The average Bonchev–Trinajstić information content (AvgIpc) is 2.85. The normalized spacial score (nSPS) is 21.8. The maximum absolute atomic E-state index is 11.6. The van der Waals surface area contributed by atoms with Crippen molar-refractivity contribution in [2.24, 2.45) is 0 Å². The Labute approximate surface area is 77.9 Å². The minimum Gasteiger partial charge on any atom is -0.371 e. The van der Waals surface area contributed by atoms with Gasteiger partial charge in [0.25, 0.3) is 0 Å². The predicted molar refractivity (Wildman–Crippen MR) is 46.6 cm³/mol. The van der Waals surface area contributed by atoms with Crippen molar-refractivity contribution in [2.45, 2.75) is 20.0 Å². The first kappa shape index (κ1) is 11.1. The van der Waals surface area contributed by atoms with Crippen LogP contribution in [0.15, 0.2) is 0 Å². The van der Waals surface area contributed by atoms with Crippen molar-refractivity contribution in [3.8, 4) is 0 Å². The molecule has 1 fully saturated rings. The summed E-state index contributed by atoms with van der Waals surface area (Å²) in [5.41, 5.74) is 0. The van der Waals surface area contributed by atoms with Gasteiger partial charge < -0.3 is 4.74 Å². The molecular formula is C7H15O5P. The lowest BCUT2D eigenvalue weighted by Gasteiger charge is -2.15.